The van der Waals surface area contributed by atoms with Gasteiger partial charge in [-0.05, 0) is 0 Å². The van der Waals surface area contributed by atoms with Crippen LogP contribution in [0.4, 0.5) is 0 Å². The molecule has 0 unspecified atom stereocenters. The van der Waals surface area contributed by atoms with E-state index in [9.17, 15) is 0 Å². The average Bonchev–Trinajstić information content (AvgIpc) is 1.41. The average molecular weight is 153 g/mol. The molecule has 0 heterocycles. The molecule has 0 saturated heterocycles. The van der Waals surface area contributed by atoms with Gasteiger partial charge in [-0.25, -0.2) is 0 Å². The van der Waals surface area contributed by atoms with Gasteiger partial charge in [0.2, 0.25) is 0 Å². The van der Waals surface area contributed by atoms with Gasteiger partial charge in [0.05, 0.1) is 0 Å². The van der Waals surface area contributed by atoms with E-state index >= 15 is 0 Å². The van der Waals surface area contributed by atoms with Crippen LogP contribution >= 0.6 is 0 Å². The van der Waals surface area contributed by atoms with Gasteiger partial charge in [-0.1, -0.05) is 0 Å². The molecule has 0 aromatic carbocycles. The molecule has 0 aromatic heterocycles. The van der Waals surface area contributed by atoms with Crippen LogP contribution < -0.4 is 11.5 Å². The summed E-state index contributed by atoms with van der Waals surface area (Å²) < 4.78 is 0.292. The first-order valence-corrected chi connectivity index (χ1v) is 1.93. The topological polar surface area (TPSA) is 69.1 Å². The van der Waals surface area contributed by atoms with Crippen LogP contribution in [-0.4, -0.2) is 27.0 Å². The van der Waals surface area contributed by atoms with Gasteiger partial charge in [0.15, 0.2) is 0 Å². The fourth-order valence-corrected chi connectivity index (χ4v) is 0. The molecule has 0 radical (unpaired) electrons. The van der Waals surface area contributed by atoms with Crippen molar-refractivity contribution in [1.82, 2.24) is 0 Å². The molecule has 0 aliphatic rings. The van der Waals surface area contributed by atoms with Crippen molar-refractivity contribution in [3.63, 3.8) is 0 Å². The molecule has 3 nitrogen and oxygen atoms in total. The van der Waals surface area contributed by atoms with Crippen molar-refractivity contribution in [1.29, 1.82) is 0 Å². The SMILES string of the molecule is C=O.NC(N)=[Se]. The maximum absolute atomic E-state index is 8.00. The molecular formula is C2H6N2OSe. The zero-order valence-electron chi connectivity index (χ0n) is 3.18. The molecule has 0 aromatic rings. The number of nitrogens with two attached hydrogens (primary N) is 2. The van der Waals surface area contributed by atoms with E-state index in [4.69, 9.17) is 16.3 Å². The maximum atomic E-state index is 8.00. The summed E-state index contributed by atoms with van der Waals surface area (Å²) in [7, 11) is 0. The predicted molar refractivity (Wildman–Crippen MR) is 26.3 cm³/mol. The molecule has 0 aliphatic heterocycles. The fraction of sp³-hybridized carbons (Fsp3) is 0. The van der Waals surface area contributed by atoms with Gasteiger partial charge in [-0.15, -0.1) is 0 Å². The van der Waals surface area contributed by atoms with Crippen LogP contribution in [0, 0.1) is 0 Å². The van der Waals surface area contributed by atoms with Crippen molar-refractivity contribution in [2.24, 2.45) is 11.5 Å². The van der Waals surface area contributed by atoms with E-state index in [0.717, 1.165) is 0 Å². The van der Waals surface area contributed by atoms with E-state index in [-0.39, 0.29) is 0 Å². The van der Waals surface area contributed by atoms with Gasteiger partial charge in [-0.2, -0.15) is 0 Å². The minimum atomic E-state index is 0.292. The van der Waals surface area contributed by atoms with Crippen LogP contribution in [0.3, 0.4) is 0 Å². The van der Waals surface area contributed by atoms with Crippen LogP contribution in [0.5, 0.6) is 0 Å². The first kappa shape index (κ1) is 9.18. The molecule has 0 atom stereocenters. The second-order valence-corrected chi connectivity index (χ2v) is 1.39. The molecule has 36 valence electrons. The van der Waals surface area contributed by atoms with E-state index in [2.05, 4.69) is 15.6 Å². The number of hydrogen-bond acceptors (Lipinski definition) is 3. The Balaban J connectivity index is 0. The van der Waals surface area contributed by atoms with E-state index in [1.807, 2.05) is 6.79 Å². The third-order valence-corrected chi connectivity index (χ3v) is 0. The number of rotatable bonds is 0. The van der Waals surface area contributed by atoms with Gasteiger partial charge in [-0.3, -0.25) is 0 Å². The van der Waals surface area contributed by atoms with Crippen molar-refractivity contribution >= 4 is 27.0 Å². The van der Waals surface area contributed by atoms with E-state index < -0.39 is 0 Å². The summed E-state index contributed by atoms with van der Waals surface area (Å²) in [6, 6.07) is 0. The van der Waals surface area contributed by atoms with E-state index in [1.165, 1.54) is 0 Å². The van der Waals surface area contributed by atoms with Crippen molar-refractivity contribution in [3.05, 3.63) is 0 Å². The summed E-state index contributed by atoms with van der Waals surface area (Å²) >= 11 is 2.38. The third kappa shape index (κ3) is 223. The zero-order chi connectivity index (χ0) is 5.58. The first-order chi connectivity index (χ1) is 2.73. The Bertz CT molecular complexity index is 42.8. The second kappa shape index (κ2) is 8.82. The van der Waals surface area contributed by atoms with Crippen LogP contribution in [0.2, 0.25) is 0 Å². The van der Waals surface area contributed by atoms with Crippen molar-refractivity contribution < 1.29 is 4.79 Å². The molecule has 0 rings (SSSR count). The second-order valence-electron chi connectivity index (χ2n) is 0.402. The van der Waals surface area contributed by atoms with Crippen molar-refractivity contribution in [3.8, 4) is 0 Å². The molecule has 0 saturated carbocycles. The zero-order valence-corrected chi connectivity index (χ0v) is 4.89. The molecule has 0 aliphatic carbocycles. The molecule has 6 heavy (non-hydrogen) atoms. The van der Waals surface area contributed by atoms with Gasteiger partial charge >= 0.3 is 31.7 Å². The minimum absolute atomic E-state index is 0.292. The Morgan fingerprint density at radius 1 is 1.50 bits per heavy atom. The van der Waals surface area contributed by atoms with Gasteiger partial charge in [0.25, 0.3) is 0 Å². The monoisotopic (exact) mass is 154 g/mol. The molecule has 0 amide bonds. The van der Waals surface area contributed by atoms with Crippen LogP contribution in [0.25, 0.3) is 0 Å². The summed E-state index contributed by atoms with van der Waals surface area (Å²) in [5.41, 5.74) is 9.50. The van der Waals surface area contributed by atoms with Crippen molar-refractivity contribution in [2.75, 3.05) is 0 Å². The summed E-state index contributed by atoms with van der Waals surface area (Å²) in [5, 5.41) is 0. The summed E-state index contributed by atoms with van der Waals surface area (Å²) in [6.07, 6.45) is 0. The Hall–Kier alpha value is -0.341. The molecule has 0 bridgehead atoms. The Morgan fingerprint density at radius 2 is 1.50 bits per heavy atom. The third-order valence-electron chi connectivity index (χ3n) is 0. The van der Waals surface area contributed by atoms with Crippen molar-refractivity contribution in [2.45, 2.75) is 0 Å². The van der Waals surface area contributed by atoms with Gasteiger partial charge < -0.3 is 4.79 Å². The number of carbonyl (C=O) groups excluding carboxylic acids is 1. The van der Waals surface area contributed by atoms with Gasteiger partial charge in [0, 0.05) is 0 Å². The van der Waals surface area contributed by atoms with Gasteiger partial charge in [0.1, 0.15) is 6.79 Å². The molecule has 4 N–H and O–H groups in total. The van der Waals surface area contributed by atoms with E-state index in [0.29, 0.717) is 4.67 Å². The molecule has 0 spiro atoms. The summed E-state index contributed by atoms with van der Waals surface area (Å²) in [4.78, 5) is 8.00. The normalized spacial score (nSPS) is 4.67. The molecular weight excluding hydrogens is 147 g/mol. The quantitative estimate of drug-likeness (QED) is 0.394. The Morgan fingerprint density at radius 3 is 1.50 bits per heavy atom. The van der Waals surface area contributed by atoms with Crippen LogP contribution in [0.1, 0.15) is 0 Å². The van der Waals surface area contributed by atoms with Crippen LogP contribution in [0.15, 0.2) is 0 Å². The predicted octanol–water partition coefficient (Wildman–Crippen LogP) is -2.03. The number of hydrogen-bond donors (Lipinski definition) is 2. The standard InChI is InChI=1S/CH4N2Se.CH2O/c2-1(3)4;1-2/h(H4,2,3,4);1H2. The Kier molecular flexibility index (Phi) is 13.5. The fourth-order valence-electron chi connectivity index (χ4n) is 0. The molecule has 4 heteroatoms. The summed E-state index contributed by atoms with van der Waals surface area (Å²) in [6.45, 7) is 2.00. The van der Waals surface area contributed by atoms with E-state index in [1.54, 1.807) is 0 Å². The molecule has 0 fully saturated rings. The number of carbonyl (C=O) groups is 1. The first-order valence-electron chi connectivity index (χ1n) is 1.07. The Labute approximate surface area is 44.1 Å². The van der Waals surface area contributed by atoms with Crippen LogP contribution in [-0.2, 0) is 4.79 Å². The summed E-state index contributed by atoms with van der Waals surface area (Å²) in [5.74, 6) is 0.